The Morgan fingerprint density at radius 3 is 2.74 bits per heavy atom. The lowest BCUT2D eigenvalue weighted by atomic mass is 9.96. The zero-order valence-electron chi connectivity index (χ0n) is 17.2. The number of pyridine rings is 1. The molecule has 0 saturated carbocycles. The maximum absolute atomic E-state index is 12.6. The summed E-state index contributed by atoms with van der Waals surface area (Å²) in [6.07, 6.45) is 4.75. The Labute approximate surface area is 178 Å². The third-order valence-corrected chi connectivity index (χ3v) is 5.55. The Kier molecular flexibility index (Phi) is 5.97. The third-order valence-electron chi connectivity index (χ3n) is 5.55. The van der Waals surface area contributed by atoms with E-state index in [0.717, 1.165) is 12.8 Å². The summed E-state index contributed by atoms with van der Waals surface area (Å²) < 4.78 is 10.5. The minimum absolute atomic E-state index is 0.0280. The quantitative estimate of drug-likeness (QED) is 0.635. The summed E-state index contributed by atoms with van der Waals surface area (Å²) in [6, 6.07) is 10.2. The van der Waals surface area contributed by atoms with Crippen LogP contribution >= 0.6 is 0 Å². The summed E-state index contributed by atoms with van der Waals surface area (Å²) in [5.74, 6) is 0.177. The Bertz CT molecular complexity index is 1150. The van der Waals surface area contributed by atoms with E-state index in [1.54, 1.807) is 47.6 Å². The molecule has 0 spiro atoms. The highest BCUT2D eigenvalue weighted by molar-refractivity contribution is 5.97. The van der Waals surface area contributed by atoms with E-state index in [0.29, 0.717) is 41.9 Å². The van der Waals surface area contributed by atoms with Gasteiger partial charge in [0.2, 0.25) is 0 Å². The smallest absolute Gasteiger partial charge is 0.349 e. The van der Waals surface area contributed by atoms with E-state index in [-0.39, 0.29) is 17.4 Å². The molecule has 160 valence electrons. The Morgan fingerprint density at radius 1 is 1.23 bits per heavy atom. The van der Waals surface area contributed by atoms with E-state index in [1.165, 1.54) is 13.2 Å². The van der Waals surface area contributed by atoms with Crippen molar-refractivity contribution >= 4 is 22.8 Å². The van der Waals surface area contributed by atoms with Gasteiger partial charge in [0.25, 0.3) is 11.8 Å². The van der Waals surface area contributed by atoms with Gasteiger partial charge in [-0.25, -0.2) is 4.79 Å². The Hall–Kier alpha value is -3.68. The van der Waals surface area contributed by atoms with Crippen LogP contribution in [0.5, 0.6) is 5.75 Å². The van der Waals surface area contributed by atoms with Crippen molar-refractivity contribution in [2.45, 2.75) is 12.8 Å². The fourth-order valence-electron chi connectivity index (χ4n) is 3.78. The van der Waals surface area contributed by atoms with Crippen LogP contribution < -0.4 is 15.7 Å². The molecule has 8 heteroatoms. The number of amides is 2. The van der Waals surface area contributed by atoms with Crippen LogP contribution in [0.25, 0.3) is 11.0 Å². The second kappa shape index (κ2) is 8.99. The second-order valence-electron chi connectivity index (χ2n) is 7.51. The Balaban J connectivity index is 1.35. The SMILES string of the molecule is COc1cccc2cc(C(=O)NCC3CCN(C(=O)c4cccnc4)CC3)c(=O)oc12. The van der Waals surface area contributed by atoms with Gasteiger partial charge in [-0.05, 0) is 43.0 Å². The highest BCUT2D eigenvalue weighted by Crippen LogP contribution is 2.24. The first-order valence-electron chi connectivity index (χ1n) is 10.1. The van der Waals surface area contributed by atoms with Gasteiger partial charge in [0, 0.05) is 37.4 Å². The topological polar surface area (TPSA) is 102 Å². The summed E-state index contributed by atoms with van der Waals surface area (Å²) in [7, 11) is 1.49. The molecule has 2 aromatic heterocycles. The highest BCUT2D eigenvalue weighted by atomic mass is 16.5. The number of hydrogen-bond acceptors (Lipinski definition) is 6. The summed E-state index contributed by atoms with van der Waals surface area (Å²) in [6.45, 7) is 1.67. The Morgan fingerprint density at radius 2 is 2.03 bits per heavy atom. The van der Waals surface area contributed by atoms with E-state index >= 15 is 0 Å². The molecule has 1 aromatic carbocycles. The average Bonchev–Trinajstić information content (AvgIpc) is 2.82. The lowest BCUT2D eigenvalue weighted by Crippen LogP contribution is -2.42. The van der Waals surface area contributed by atoms with Gasteiger partial charge in [-0.15, -0.1) is 0 Å². The molecule has 3 heterocycles. The monoisotopic (exact) mass is 421 g/mol. The van der Waals surface area contributed by atoms with Crippen molar-refractivity contribution in [1.82, 2.24) is 15.2 Å². The number of para-hydroxylation sites is 1. The predicted molar refractivity (Wildman–Crippen MR) is 114 cm³/mol. The van der Waals surface area contributed by atoms with Crippen LogP contribution in [0.4, 0.5) is 0 Å². The van der Waals surface area contributed by atoms with Crippen LogP contribution in [0, 0.1) is 5.92 Å². The molecule has 0 atom stereocenters. The zero-order valence-corrected chi connectivity index (χ0v) is 17.2. The van der Waals surface area contributed by atoms with Gasteiger partial charge in [0.05, 0.1) is 12.7 Å². The maximum Gasteiger partial charge on any atom is 0.349 e. The molecule has 3 aromatic rings. The highest BCUT2D eigenvalue weighted by Gasteiger charge is 2.24. The third kappa shape index (κ3) is 4.42. The van der Waals surface area contributed by atoms with Crippen molar-refractivity contribution in [3.8, 4) is 5.75 Å². The number of hydrogen-bond donors (Lipinski definition) is 1. The first-order valence-corrected chi connectivity index (χ1v) is 10.1. The molecular formula is C23H23N3O5. The maximum atomic E-state index is 12.6. The number of carbonyl (C=O) groups is 2. The minimum Gasteiger partial charge on any atom is -0.493 e. The normalized spacial score (nSPS) is 14.4. The van der Waals surface area contributed by atoms with Crippen LogP contribution in [0.15, 0.2) is 58.0 Å². The van der Waals surface area contributed by atoms with Gasteiger partial charge in [-0.1, -0.05) is 12.1 Å². The largest absolute Gasteiger partial charge is 0.493 e. The lowest BCUT2D eigenvalue weighted by molar-refractivity contribution is 0.0683. The summed E-state index contributed by atoms with van der Waals surface area (Å²) in [5.41, 5.74) is 0.155. The molecule has 0 bridgehead atoms. The van der Waals surface area contributed by atoms with Crippen LogP contribution in [-0.2, 0) is 0 Å². The van der Waals surface area contributed by atoms with Crippen molar-refractivity contribution in [2.75, 3.05) is 26.7 Å². The number of likely N-dealkylation sites (tertiary alicyclic amines) is 1. The molecule has 8 nitrogen and oxygen atoms in total. The first-order chi connectivity index (χ1) is 15.1. The van der Waals surface area contributed by atoms with Gasteiger partial charge in [-0.2, -0.15) is 0 Å². The zero-order chi connectivity index (χ0) is 21.8. The van der Waals surface area contributed by atoms with Gasteiger partial charge in [0.15, 0.2) is 11.3 Å². The van der Waals surface area contributed by atoms with Gasteiger partial charge in [0.1, 0.15) is 5.56 Å². The molecular weight excluding hydrogens is 398 g/mol. The number of aromatic nitrogens is 1. The second-order valence-corrected chi connectivity index (χ2v) is 7.51. The van der Waals surface area contributed by atoms with E-state index < -0.39 is 11.5 Å². The fraction of sp³-hybridized carbons (Fsp3) is 0.304. The number of rotatable bonds is 5. The summed E-state index contributed by atoms with van der Waals surface area (Å²) in [4.78, 5) is 43.2. The molecule has 1 fully saturated rings. The predicted octanol–water partition coefficient (Wildman–Crippen LogP) is 2.48. The van der Waals surface area contributed by atoms with Crippen molar-refractivity contribution in [3.63, 3.8) is 0 Å². The summed E-state index contributed by atoms with van der Waals surface area (Å²) in [5, 5.41) is 3.45. The van der Waals surface area contributed by atoms with Crippen LogP contribution in [0.3, 0.4) is 0 Å². The van der Waals surface area contributed by atoms with E-state index in [4.69, 9.17) is 9.15 Å². The number of nitrogens with one attached hydrogen (secondary N) is 1. The lowest BCUT2D eigenvalue weighted by Gasteiger charge is -2.32. The van der Waals surface area contributed by atoms with Crippen molar-refractivity contribution < 1.29 is 18.7 Å². The standard InChI is InChI=1S/C23H23N3O5/c1-30-19-6-2-4-16-12-18(23(29)31-20(16)19)21(27)25-13-15-7-10-26(11-8-15)22(28)17-5-3-9-24-14-17/h2-6,9,12,14-15H,7-8,10-11,13H2,1H3,(H,25,27). The first kappa shape index (κ1) is 20.6. The van der Waals surface area contributed by atoms with Crippen molar-refractivity contribution in [1.29, 1.82) is 0 Å². The number of methoxy groups -OCH3 is 1. The molecule has 0 radical (unpaired) electrons. The van der Waals surface area contributed by atoms with Crippen LogP contribution in [-0.4, -0.2) is 48.4 Å². The minimum atomic E-state index is -0.702. The van der Waals surface area contributed by atoms with E-state index in [2.05, 4.69) is 10.3 Å². The number of carbonyl (C=O) groups excluding carboxylic acids is 2. The number of ether oxygens (including phenoxy) is 1. The molecule has 31 heavy (non-hydrogen) atoms. The van der Waals surface area contributed by atoms with E-state index in [9.17, 15) is 14.4 Å². The molecule has 1 N–H and O–H groups in total. The number of benzene rings is 1. The summed E-state index contributed by atoms with van der Waals surface area (Å²) >= 11 is 0. The van der Waals surface area contributed by atoms with Crippen LogP contribution in [0.2, 0.25) is 0 Å². The number of nitrogens with zero attached hydrogens (tertiary/aromatic N) is 2. The van der Waals surface area contributed by atoms with Gasteiger partial charge < -0.3 is 19.4 Å². The molecule has 4 rings (SSSR count). The average molecular weight is 421 g/mol. The molecule has 0 aliphatic carbocycles. The molecule has 1 saturated heterocycles. The fourth-order valence-corrected chi connectivity index (χ4v) is 3.78. The van der Waals surface area contributed by atoms with E-state index in [1.807, 2.05) is 0 Å². The molecule has 1 aliphatic rings. The molecule has 0 unspecified atom stereocenters. The molecule has 1 aliphatic heterocycles. The van der Waals surface area contributed by atoms with Gasteiger partial charge in [-0.3, -0.25) is 14.6 Å². The van der Waals surface area contributed by atoms with Crippen molar-refractivity contribution in [2.24, 2.45) is 5.92 Å². The van der Waals surface area contributed by atoms with Crippen LogP contribution in [0.1, 0.15) is 33.6 Å². The number of fused-ring (bicyclic) bond motifs is 1. The van der Waals surface area contributed by atoms with Gasteiger partial charge >= 0.3 is 5.63 Å². The van der Waals surface area contributed by atoms with Crippen molar-refractivity contribution in [3.05, 3.63) is 70.3 Å². The number of piperidine rings is 1. The molecule has 2 amide bonds.